The highest BCUT2D eigenvalue weighted by Crippen LogP contribution is 2.20. The molecule has 2 amide bonds. The van der Waals surface area contributed by atoms with Gasteiger partial charge in [-0.3, -0.25) is 4.68 Å². The van der Waals surface area contributed by atoms with Crippen molar-refractivity contribution in [2.45, 2.75) is 32.9 Å². The van der Waals surface area contributed by atoms with Gasteiger partial charge in [-0.15, -0.1) is 0 Å². The Balaban J connectivity index is 1.76. The molecule has 0 saturated heterocycles. The van der Waals surface area contributed by atoms with E-state index in [-0.39, 0.29) is 12.1 Å². The lowest BCUT2D eigenvalue weighted by atomic mass is 9.96. The monoisotopic (exact) mass is 300 g/mol. The van der Waals surface area contributed by atoms with Crippen LogP contribution in [-0.4, -0.2) is 22.4 Å². The van der Waals surface area contributed by atoms with Crippen LogP contribution in [0.15, 0.2) is 48.8 Å². The standard InChI is InChI=1S/C17H24N4O/c1-14(2)16(15-8-4-3-5-9-15)20-17(22)18-10-6-12-21-13-7-11-19-21/h3-5,7-9,11,13-14,16H,6,10,12H2,1-2H3,(H2,18,20,22)/t16-/m0/s1. The van der Waals surface area contributed by atoms with Crippen LogP contribution in [0, 0.1) is 5.92 Å². The van der Waals surface area contributed by atoms with E-state index in [1.54, 1.807) is 6.20 Å². The van der Waals surface area contributed by atoms with Crippen molar-refractivity contribution in [1.82, 2.24) is 20.4 Å². The molecule has 0 spiro atoms. The molecule has 0 fully saturated rings. The highest BCUT2D eigenvalue weighted by atomic mass is 16.2. The number of hydrogen-bond donors (Lipinski definition) is 2. The fraction of sp³-hybridized carbons (Fsp3) is 0.412. The second-order valence-electron chi connectivity index (χ2n) is 5.66. The Bertz CT molecular complexity index is 551. The number of aryl methyl sites for hydroxylation is 1. The second-order valence-corrected chi connectivity index (χ2v) is 5.66. The average molecular weight is 300 g/mol. The molecule has 2 rings (SSSR count). The van der Waals surface area contributed by atoms with Crippen LogP contribution in [0.4, 0.5) is 4.79 Å². The van der Waals surface area contributed by atoms with Crippen LogP contribution in [0.2, 0.25) is 0 Å². The van der Waals surface area contributed by atoms with Crippen LogP contribution >= 0.6 is 0 Å². The third-order valence-corrected chi connectivity index (χ3v) is 3.52. The fourth-order valence-electron chi connectivity index (χ4n) is 2.36. The summed E-state index contributed by atoms with van der Waals surface area (Å²) in [5.41, 5.74) is 1.13. The van der Waals surface area contributed by atoms with Crippen molar-refractivity contribution in [2.24, 2.45) is 5.92 Å². The number of nitrogens with zero attached hydrogens (tertiary/aromatic N) is 2. The summed E-state index contributed by atoms with van der Waals surface area (Å²) in [6.45, 7) is 5.65. The number of nitrogens with one attached hydrogen (secondary N) is 2. The van der Waals surface area contributed by atoms with Gasteiger partial charge < -0.3 is 10.6 Å². The van der Waals surface area contributed by atoms with Gasteiger partial charge >= 0.3 is 6.03 Å². The van der Waals surface area contributed by atoms with Gasteiger partial charge in [0.25, 0.3) is 0 Å². The molecule has 0 radical (unpaired) electrons. The molecule has 1 heterocycles. The summed E-state index contributed by atoms with van der Waals surface area (Å²) >= 11 is 0. The van der Waals surface area contributed by atoms with Gasteiger partial charge in [-0.2, -0.15) is 5.10 Å². The van der Waals surface area contributed by atoms with E-state index in [4.69, 9.17) is 0 Å². The molecule has 0 saturated carbocycles. The lowest BCUT2D eigenvalue weighted by Gasteiger charge is -2.23. The van der Waals surface area contributed by atoms with Crippen LogP contribution in [0.1, 0.15) is 31.9 Å². The highest BCUT2D eigenvalue weighted by Gasteiger charge is 2.17. The quantitative estimate of drug-likeness (QED) is 0.772. The largest absolute Gasteiger partial charge is 0.338 e. The van der Waals surface area contributed by atoms with Gasteiger partial charge in [-0.25, -0.2) is 4.79 Å². The maximum absolute atomic E-state index is 12.0. The van der Waals surface area contributed by atoms with Crippen molar-refractivity contribution in [3.63, 3.8) is 0 Å². The Morgan fingerprint density at radius 1 is 1.23 bits per heavy atom. The topological polar surface area (TPSA) is 59.0 Å². The van der Waals surface area contributed by atoms with E-state index in [0.717, 1.165) is 18.5 Å². The minimum Gasteiger partial charge on any atom is -0.338 e. The second kappa shape index (κ2) is 8.22. The number of amides is 2. The predicted molar refractivity (Wildman–Crippen MR) is 87.4 cm³/mol. The first-order valence-electron chi connectivity index (χ1n) is 7.73. The molecular formula is C17H24N4O. The summed E-state index contributed by atoms with van der Waals surface area (Å²) in [5, 5.41) is 10.1. The Morgan fingerprint density at radius 3 is 2.64 bits per heavy atom. The lowest BCUT2D eigenvalue weighted by molar-refractivity contribution is 0.232. The van der Waals surface area contributed by atoms with Gasteiger partial charge in [0.1, 0.15) is 0 Å². The summed E-state index contributed by atoms with van der Waals surface area (Å²) in [5.74, 6) is 0.331. The van der Waals surface area contributed by atoms with Crippen molar-refractivity contribution in [3.8, 4) is 0 Å². The molecule has 2 N–H and O–H groups in total. The van der Waals surface area contributed by atoms with Crippen molar-refractivity contribution in [1.29, 1.82) is 0 Å². The van der Waals surface area contributed by atoms with Crippen molar-refractivity contribution < 1.29 is 4.79 Å². The number of aromatic nitrogens is 2. The van der Waals surface area contributed by atoms with E-state index in [9.17, 15) is 4.79 Å². The van der Waals surface area contributed by atoms with Crippen molar-refractivity contribution in [3.05, 3.63) is 54.4 Å². The smallest absolute Gasteiger partial charge is 0.315 e. The number of benzene rings is 1. The van der Waals surface area contributed by atoms with Crippen LogP contribution in [0.5, 0.6) is 0 Å². The molecule has 0 aliphatic rings. The predicted octanol–water partition coefficient (Wildman–Crippen LogP) is 2.97. The third kappa shape index (κ3) is 4.91. The van der Waals surface area contributed by atoms with Gasteiger partial charge in [-0.1, -0.05) is 44.2 Å². The SMILES string of the molecule is CC(C)[C@H](NC(=O)NCCCn1cccn1)c1ccccc1. The summed E-state index contributed by atoms with van der Waals surface area (Å²) in [4.78, 5) is 12.0. The molecule has 0 aliphatic heterocycles. The molecule has 118 valence electrons. The molecule has 0 aliphatic carbocycles. The van der Waals surface area contributed by atoms with Crippen LogP contribution in [0.25, 0.3) is 0 Å². The van der Waals surface area contributed by atoms with Crippen molar-refractivity contribution in [2.75, 3.05) is 6.54 Å². The molecule has 0 unspecified atom stereocenters. The Kier molecular flexibility index (Phi) is 6.01. The zero-order chi connectivity index (χ0) is 15.8. The molecular weight excluding hydrogens is 276 g/mol. The zero-order valence-electron chi connectivity index (χ0n) is 13.2. The fourth-order valence-corrected chi connectivity index (χ4v) is 2.36. The first-order valence-corrected chi connectivity index (χ1v) is 7.73. The minimum absolute atomic E-state index is 0.0207. The molecule has 0 bridgehead atoms. The normalized spacial score (nSPS) is 12.1. The molecule has 2 aromatic rings. The number of rotatable bonds is 7. The Hall–Kier alpha value is -2.30. The van der Waals surface area contributed by atoms with Gasteiger partial charge in [-0.05, 0) is 24.0 Å². The van der Waals surface area contributed by atoms with Crippen LogP contribution < -0.4 is 10.6 Å². The Labute approximate surface area is 131 Å². The van der Waals surface area contributed by atoms with Gasteiger partial charge in [0.2, 0.25) is 0 Å². The first kappa shape index (κ1) is 16.1. The molecule has 22 heavy (non-hydrogen) atoms. The molecule has 1 aromatic carbocycles. The van der Waals surface area contributed by atoms with E-state index in [2.05, 4.69) is 29.6 Å². The summed E-state index contributed by atoms with van der Waals surface area (Å²) in [7, 11) is 0. The van der Waals surface area contributed by atoms with E-state index < -0.39 is 0 Å². The summed E-state index contributed by atoms with van der Waals surface area (Å²) in [6, 6.07) is 11.9. The molecule has 5 heteroatoms. The molecule has 5 nitrogen and oxygen atoms in total. The van der Waals surface area contributed by atoms with Gasteiger partial charge in [0.15, 0.2) is 0 Å². The average Bonchev–Trinajstić information content (AvgIpc) is 3.03. The van der Waals surface area contributed by atoms with E-state index >= 15 is 0 Å². The van der Waals surface area contributed by atoms with E-state index in [1.165, 1.54) is 0 Å². The minimum atomic E-state index is -0.122. The Morgan fingerprint density at radius 2 is 2.00 bits per heavy atom. The van der Waals surface area contributed by atoms with E-state index in [1.807, 2.05) is 47.3 Å². The van der Waals surface area contributed by atoms with Crippen LogP contribution in [-0.2, 0) is 6.54 Å². The number of carbonyl (C=O) groups is 1. The summed E-state index contributed by atoms with van der Waals surface area (Å²) < 4.78 is 1.86. The number of carbonyl (C=O) groups excluding carboxylic acids is 1. The number of hydrogen-bond acceptors (Lipinski definition) is 2. The van der Waals surface area contributed by atoms with Crippen LogP contribution in [0.3, 0.4) is 0 Å². The first-order chi connectivity index (χ1) is 10.7. The van der Waals surface area contributed by atoms with Gasteiger partial charge in [0.05, 0.1) is 6.04 Å². The van der Waals surface area contributed by atoms with E-state index in [0.29, 0.717) is 12.5 Å². The van der Waals surface area contributed by atoms with Gasteiger partial charge in [0, 0.05) is 25.5 Å². The highest BCUT2D eigenvalue weighted by molar-refractivity contribution is 5.74. The maximum Gasteiger partial charge on any atom is 0.315 e. The summed E-state index contributed by atoms with van der Waals surface area (Å²) in [6.07, 6.45) is 4.53. The third-order valence-electron chi connectivity index (χ3n) is 3.52. The molecule has 1 atom stereocenters. The lowest BCUT2D eigenvalue weighted by Crippen LogP contribution is -2.40. The zero-order valence-corrected chi connectivity index (χ0v) is 13.2. The van der Waals surface area contributed by atoms with Crippen molar-refractivity contribution >= 4 is 6.03 Å². The molecule has 1 aromatic heterocycles. The maximum atomic E-state index is 12.0. The number of urea groups is 1.